The molecule has 1 aliphatic carbocycles. The third kappa shape index (κ3) is 11.4. The number of carboxylic acid groups (broad SMARTS) is 1. The fourth-order valence-electron chi connectivity index (χ4n) is 6.15. The second-order valence-electron chi connectivity index (χ2n) is 14.2. The molecule has 6 N–H and O–H groups in total. The number of anilines is 1. The number of carbonyl (C=O) groups excluding carboxylic acids is 3. The number of imide groups is 1. The van der Waals surface area contributed by atoms with Gasteiger partial charge in [-0.15, -0.1) is 0 Å². The standard InChI is InChI=1S/C36H44N6O6.C2HF3O2/c1-21-27(16-17-31(39-21)47-5)24-10-6-22(7-11-24)18-29(37)34(45)42(26-14-15-28-30(19-26)40-41-32(28)43)33(44)25-12-8-23(9-13-25)20-38-35(46)48-36(2,3)4;3-2(4,5)1(6)7/h6-7,10-11,14-17,19,23,25,29H,8-9,12-13,18,20,37H2,1-5H3,(H,38,46)(H2,40,41,43);(H,6,7)/t23?,25?,29-;/m0./s1. The van der Waals surface area contributed by atoms with Gasteiger partial charge in [0.2, 0.25) is 11.8 Å². The summed E-state index contributed by atoms with van der Waals surface area (Å²) < 4.78 is 42.3. The van der Waals surface area contributed by atoms with E-state index in [4.69, 9.17) is 25.1 Å². The minimum Gasteiger partial charge on any atom is -0.481 e. The molecular formula is C38H45F3N6O8. The molecule has 4 aromatic rings. The van der Waals surface area contributed by atoms with Gasteiger partial charge in [-0.1, -0.05) is 24.3 Å². The second kappa shape index (κ2) is 17.6. The third-order valence-corrected chi connectivity index (χ3v) is 8.94. The number of methoxy groups -OCH3 is 1. The number of ether oxygens (including phenoxy) is 2. The number of alkyl carbamates (subject to hydrolysis) is 1. The van der Waals surface area contributed by atoms with Gasteiger partial charge in [0.05, 0.1) is 29.7 Å². The topological polar surface area (TPSA) is 210 Å². The van der Waals surface area contributed by atoms with E-state index in [1.165, 1.54) is 4.90 Å². The highest BCUT2D eigenvalue weighted by atomic mass is 19.4. The van der Waals surface area contributed by atoms with Gasteiger partial charge in [0, 0.05) is 29.8 Å². The van der Waals surface area contributed by atoms with Crippen molar-refractivity contribution in [2.24, 2.45) is 17.6 Å². The van der Waals surface area contributed by atoms with Crippen LogP contribution in [0.15, 0.2) is 59.4 Å². The average Bonchev–Trinajstić information content (AvgIpc) is 3.50. The van der Waals surface area contributed by atoms with Gasteiger partial charge in [-0.05, 0) is 101 Å². The van der Waals surface area contributed by atoms with Gasteiger partial charge in [-0.2, -0.15) is 13.2 Å². The minimum atomic E-state index is -5.08. The molecular weight excluding hydrogens is 725 g/mol. The molecule has 17 heteroatoms. The summed E-state index contributed by atoms with van der Waals surface area (Å²) in [7, 11) is 1.58. The Labute approximate surface area is 314 Å². The number of alkyl halides is 3. The third-order valence-electron chi connectivity index (χ3n) is 8.94. The molecule has 2 heterocycles. The van der Waals surface area contributed by atoms with Gasteiger partial charge >= 0.3 is 18.2 Å². The molecule has 0 spiro atoms. The molecule has 0 bridgehead atoms. The number of nitrogens with one attached hydrogen (secondary N) is 3. The molecule has 2 aromatic carbocycles. The zero-order chi connectivity index (χ0) is 40.7. The number of aryl methyl sites for hydroxylation is 1. The number of amides is 3. The molecule has 0 saturated heterocycles. The lowest BCUT2D eigenvalue weighted by Gasteiger charge is -2.32. The van der Waals surface area contributed by atoms with E-state index in [0.717, 1.165) is 22.4 Å². The van der Waals surface area contributed by atoms with E-state index in [2.05, 4.69) is 20.5 Å². The van der Waals surface area contributed by atoms with E-state index >= 15 is 0 Å². The molecule has 296 valence electrons. The zero-order valence-electron chi connectivity index (χ0n) is 31.1. The lowest BCUT2D eigenvalue weighted by molar-refractivity contribution is -0.192. The molecule has 1 aliphatic rings. The van der Waals surface area contributed by atoms with Crippen molar-refractivity contribution in [2.75, 3.05) is 18.6 Å². The van der Waals surface area contributed by atoms with Crippen LogP contribution in [-0.4, -0.2) is 75.6 Å². The van der Waals surface area contributed by atoms with Crippen LogP contribution in [0.3, 0.4) is 0 Å². The summed E-state index contributed by atoms with van der Waals surface area (Å²) >= 11 is 0. The number of H-pyrrole nitrogens is 2. The zero-order valence-corrected chi connectivity index (χ0v) is 31.1. The first-order chi connectivity index (χ1) is 25.8. The highest BCUT2D eigenvalue weighted by molar-refractivity contribution is 6.17. The van der Waals surface area contributed by atoms with Gasteiger partial charge in [0.1, 0.15) is 5.60 Å². The van der Waals surface area contributed by atoms with Crippen LogP contribution in [0, 0.1) is 18.8 Å². The number of aromatic nitrogens is 3. The summed E-state index contributed by atoms with van der Waals surface area (Å²) in [5.41, 5.74) is 10.1. The molecule has 0 unspecified atom stereocenters. The Balaban J connectivity index is 0.000000876. The van der Waals surface area contributed by atoms with Crippen LogP contribution in [-0.2, 0) is 25.5 Å². The Hall–Kier alpha value is -5.71. The van der Waals surface area contributed by atoms with Gasteiger partial charge in [-0.3, -0.25) is 24.6 Å². The van der Waals surface area contributed by atoms with E-state index < -0.39 is 41.7 Å². The monoisotopic (exact) mass is 770 g/mol. The Morgan fingerprint density at radius 3 is 2.20 bits per heavy atom. The number of hydrogen-bond acceptors (Lipinski definition) is 9. The van der Waals surface area contributed by atoms with Crippen LogP contribution in [0.2, 0.25) is 0 Å². The molecule has 0 radical (unpaired) electrons. The fraction of sp³-hybridized carbons (Fsp3) is 0.421. The van der Waals surface area contributed by atoms with E-state index in [0.29, 0.717) is 54.7 Å². The van der Waals surface area contributed by atoms with Crippen molar-refractivity contribution in [1.29, 1.82) is 0 Å². The van der Waals surface area contributed by atoms with Crippen LogP contribution >= 0.6 is 0 Å². The number of nitrogens with two attached hydrogens (primary N) is 1. The van der Waals surface area contributed by atoms with E-state index in [9.17, 15) is 32.3 Å². The summed E-state index contributed by atoms with van der Waals surface area (Å²) in [6.45, 7) is 7.80. The number of carbonyl (C=O) groups is 4. The summed E-state index contributed by atoms with van der Waals surface area (Å²) in [4.78, 5) is 67.0. The predicted molar refractivity (Wildman–Crippen MR) is 197 cm³/mol. The number of aromatic amines is 2. The predicted octanol–water partition coefficient (Wildman–Crippen LogP) is 5.63. The number of hydrogen-bond donors (Lipinski definition) is 5. The minimum absolute atomic E-state index is 0.190. The molecule has 3 amide bonds. The molecule has 2 aromatic heterocycles. The molecule has 5 rings (SSSR count). The Morgan fingerprint density at radius 1 is 1.00 bits per heavy atom. The van der Waals surface area contributed by atoms with Crippen molar-refractivity contribution in [2.45, 2.75) is 77.6 Å². The van der Waals surface area contributed by atoms with E-state index in [1.54, 1.807) is 25.3 Å². The largest absolute Gasteiger partial charge is 0.490 e. The maximum atomic E-state index is 14.1. The lowest BCUT2D eigenvalue weighted by atomic mass is 9.81. The highest BCUT2D eigenvalue weighted by Crippen LogP contribution is 2.32. The number of pyridine rings is 1. The van der Waals surface area contributed by atoms with E-state index in [-0.39, 0.29) is 23.8 Å². The number of halogens is 3. The highest BCUT2D eigenvalue weighted by Gasteiger charge is 2.38. The molecule has 1 fully saturated rings. The SMILES string of the molecule is COc1ccc(-c2ccc(C[C@H](N)C(=O)N(C(=O)C3CCC(CNC(=O)OC(C)(C)C)CC3)c3ccc4c(=O)[nH][nH]c4c3)cc2)c(C)n1.O=C(O)C(F)(F)F. The number of carboxylic acids is 1. The summed E-state index contributed by atoms with van der Waals surface area (Å²) in [5, 5.41) is 15.7. The van der Waals surface area contributed by atoms with Crippen molar-refractivity contribution >= 4 is 40.5 Å². The summed E-state index contributed by atoms with van der Waals surface area (Å²) in [6.07, 6.45) is -2.80. The molecule has 55 heavy (non-hydrogen) atoms. The van der Waals surface area contributed by atoms with Gasteiger partial charge in [0.15, 0.2) is 0 Å². The second-order valence-corrected chi connectivity index (χ2v) is 14.2. The Bertz CT molecular complexity index is 2050. The van der Waals surface area contributed by atoms with Crippen LogP contribution in [0.25, 0.3) is 22.0 Å². The van der Waals surface area contributed by atoms with Crippen molar-refractivity contribution < 1.29 is 46.9 Å². The van der Waals surface area contributed by atoms with Gasteiger partial charge in [0.25, 0.3) is 11.5 Å². The first kappa shape index (κ1) is 42.0. The number of benzene rings is 2. The lowest BCUT2D eigenvalue weighted by Crippen LogP contribution is -2.50. The number of aliphatic carboxylic acids is 1. The average molecular weight is 771 g/mol. The van der Waals surface area contributed by atoms with E-state index in [1.807, 2.05) is 64.1 Å². The molecule has 14 nitrogen and oxygen atoms in total. The number of fused-ring (bicyclic) bond motifs is 1. The van der Waals surface area contributed by atoms with Crippen LogP contribution < -0.4 is 26.2 Å². The van der Waals surface area contributed by atoms with Crippen molar-refractivity contribution in [3.63, 3.8) is 0 Å². The molecule has 1 saturated carbocycles. The van der Waals surface area contributed by atoms with Gasteiger partial charge in [-0.25, -0.2) is 19.5 Å². The number of nitrogens with zero attached hydrogens (tertiary/aromatic N) is 2. The van der Waals surface area contributed by atoms with Gasteiger partial charge < -0.3 is 25.6 Å². The first-order valence-corrected chi connectivity index (χ1v) is 17.5. The smallest absolute Gasteiger partial charge is 0.481 e. The molecule has 0 aliphatic heterocycles. The maximum Gasteiger partial charge on any atom is 0.490 e. The van der Waals surface area contributed by atoms with Crippen molar-refractivity contribution in [3.05, 3.63) is 76.2 Å². The fourth-order valence-corrected chi connectivity index (χ4v) is 6.15. The summed E-state index contributed by atoms with van der Waals surface area (Å²) in [6, 6.07) is 15.3. The quantitative estimate of drug-likeness (QED) is 0.142. The van der Waals surface area contributed by atoms with Crippen LogP contribution in [0.4, 0.5) is 23.7 Å². The van der Waals surface area contributed by atoms with Crippen molar-refractivity contribution in [1.82, 2.24) is 20.5 Å². The summed E-state index contributed by atoms with van der Waals surface area (Å²) in [5.74, 6) is -3.28. The number of rotatable bonds is 9. The Morgan fingerprint density at radius 2 is 1.64 bits per heavy atom. The Kier molecular flexibility index (Phi) is 13.5. The normalized spacial score (nSPS) is 16.3. The van der Waals surface area contributed by atoms with Crippen LogP contribution in [0.1, 0.15) is 57.7 Å². The first-order valence-electron chi connectivity index (χ1n) is 17.5. The maximum absolute atomic E-state index is 14.1. The molecule has 1 atom stereocenters. The van der Waals surface area contributed by atoms with Crippen LogP contribution in [0.5, 0.6) is 5.88 Å². The van der Waals surface area contributed by atoms with Crippen molar-refractivity contribution in [3.8, 4) is 17.0 Å².